The fourth-order valence-corrected chi connectivity index (χ4v) is 3.36. The van der Waals surface area contributed by atoms with Crippen molar-refractivity contribution in [2.75, 3.05) is 4.90 Å². The normalized spacial score (nSPS) is 13.8. The van der Waals surface area contributed by atoms with Crippen molar-refractivity contribution in [1.82, 2.24) is 0 Å². The van der Waals surface area contributed by atoms with Crippen LogP contribution in [0.4, 0.5) is 5.69 Å². The number of para-hydroxylation sites is 1. The molecule has 1 aliphatic heterocycles. The number of benzene rings is 2. The lowest BCUT2D eigenvalue weighted by Gasteiger charge is -2.28. The Morgan fingerprint density at radius 1 is 0.667 bits per heavy atom. The number of imide groups is 1. The van der Waals surface area contributed by atoms with Crippen molar-refractivity contribution >= 4 is 63.9 Å². The highest BCUT2D eigenvalue weighted by Crippen LogP contribution is 2.45. The first-order valence-electron chi connectivity index (χ1n) is 5.75. The summed E-state index contributed by atoms with van der Waals surface area (Å²) in [4.78, 5) is 26.1. The molecule has 21 heavy (non-hydrogen) atoms. The quantitative estimate of drug-likeness (QED) is 0.403. The number of carbonyl (C=O) groups is 2. The highest BCUT2D eigenvalue weighted by molar-refractivity contribution is 6.56. The van der Waals surface area contributed by atoms with Crippen LogP contribution >= 0.6 is 46.4 Å². The van der Waals surface area contributed by atoms with Crippen molar-refractivity contribution in [3.05, 3.63) is 61.5 Å². The number of anilines is 1. The molecule has 0 spiro atoms. The molecular formula is C14H5Cl4NO2. The van der Waals surface area contributed by atoms with Crippen molar-refractivity contribution in [2.24, 2.45) is 0 Å². The molecule has 3 rings (SSSR count). The first-order chi connectivity index (χ1) is 9.95. The first kappa shape index (κ1) is 14.7. The zero-order valence-electron chi connectivity index (χ0n) is 10.2. The van der Waals surface area contributed by atoms with Gasteiger partial charge in [-0.05, 0) is 12.1 Å². The average molecular weight is 361 g/mol. The van der Waals surface area contributed by atoms with Gasteiger partial charge in [0.25, 0.3) is 11.8 Å². The summed E-state index contributed by atoms with van der Waals surface area (Å²) in [5.41, 5.74) is 0.357. The number of hydrogen-bond acceptors (Lipinski definition) is 2. The molecule has 0 radical (unpaired) electrons. The molecule has 2 aromatic carbocycles. The molecule has 0 aliphatic carbocycles. The molecule has 0 aromatic heterocycles. The van der Waals surface area contributed by atoms with E-state index >= 15 is 0 Å². The highest BCUT2D eigenvalue weighted by Gasteiger charge is 2.40. The van der Waals surface area contributed by atoms with Gasteiger partial charge in [-0.1, -0.05) is 64.6 Å². The molecule has 106 valence electrons. The van der Waals surface area contributed by atoms with Gasteiger partial charge in [-0.15, -0.1) is 0 Å². The molecule has 1 heterocycles. The maximum Gasteiger partial charge on any atom is 0.268 e. The Kier molecular flexibility index (Phi) is 3.62. The third-order valence-corrected chi connectivity index (χ3v) is 4.82. The van der Waals surface area contributed by atoms with E-state index in [1.165, 1.54) is 0 Å². The molecule has 0 atom stereocenters. The maximum atomic E-state index is 12.5. The molecule has 3 nitrogen and oxygen atoms in total. The van der Waals surface area contributed by atoms with Crippen molar-refractivity contribution < 1.29 is 9.59 Å². The first-order valence-corrected chi connectivity index (χ1v) is 7.26. The largest absolute Gasteiger partial charge is 0.268 e. The zero-order chi connectivity index (χ0) is 15.3. The molecule has 0 N–H and O–H groups in total. The van der Waals surface area contributed by atoms with E-state index < -0.39 is 11.8 Å². The van der Waals surface area contributed by atoms with Crippen LogP contribution in [0, 0.1) is 0 Å². The van der Waals surface area contributed by atoms with Gasteiger partial charge >= 0.3 is 0 Å². The van der Waals surface area contributed by atoms with Gasteiger partial charge in [0.15, 0.2) is 0 Å². The number of hydrogen-bond donors (Lipinski definition) is 0. The van der Waals surface area contributed by atoms with E-state index in [4.69, 9.17) is 46.4 Å². The maximum absolute atomic E-state index is 12.5. The average Bonchev–Trinajstić information content (AvgIpc) is 2.46. The SMILES string of the molecule is O=C1c2c(Cl)c(Cl)c(Cl)c(c2Cl)C(=O)N1c1ccccc1. The van der Waals surface area contributed by atoms with Crippen LogP contribution in [0.1, 0.15) is 20.7 Å². The predicted octanol–water partition coefficient (Wildman–Crippen LogP) is 5.10. The number of amides is 2. The molecule has 0 unspecified atom stereocenters. The van der Waals surface area contributed by atoms with E-state index in [0.29, 0.717) is 5.69 Å². The Hall–Kier alpha value is -1.26. The lowest BCUT2D eigenvalue weighted by molar-refractivity contribution is 0.0890. The molecule has 0 saturated carbocycles. The van der Waals surface area contributed by atoms with Crippen molar-refractivity contribution in [2.45, 2.75) is 0 Å². The van der Waals surface area contributed by atoms with Gasteiger partial charge in [-0.3, -0.25) is 9.59 Å². The Morgan fingerprint density at radius 2 is 1.14 bits per heavy atom. The van der Waals surface area contributed by atoms with Crippen LogP contribution in [0.2, 0.25) is 20.1 Å². The van der Waals surface area contributed by atoms with Gasteiger partial charge in [0, 0.05) is 0 Å². The van der Waals surface area contributed by atoms with Crippen molar-refractivity contribution in [3.8, 4) is 0 Å². The van der Waals surface area contributed by atoms with E-state index in [-0.39, 0.29) is 31.2 Å². The minimum absolute atomic E-state index is 0.0220. The summed E-state index contributed by atoms with van der Waals surface area (Å²) >= 11 is 24.1. The summed E-state index contributed by atoms with van der Waals surface area (Å²) < 4.78 is 0. The molecule has 1 aliphatic rings. The molecule has 2 bridgehead atoms. The minimum atomic E-state index is -0.632. The highest BCUT2D eigenvalue weighted by atomic mass is 35.5. The molecule has 2 aromatic rings. The standard InChI is InChI=1S/C14H5Cl4NO2/c15-9-7-10(16)12(18)11(17)8(9)14(21)19(13(7)20)6-4-2-1-3-5-6/h1-5H. The van der Waals surface area contributed by atoms with Gasteiger partial charge in [-0.2, -0.15) is 0 Å². The van der Waals surface area contributed by atoms with Crippen LogP contribution in [0.5, 0.6) is 0 Å². The predicted molar refractivity (Wildman–Crippen MR) is 84.1 cm³/mol. The summed E-state index contributed by atoms with van der Waals surface area (Å²) in [6, 6.07) is 8.43. The second-order valence-electron chi connectivity index (χ2n) is 4.29. The van der Waals surface area contributed by atoms with Crippen molar-refractivity contribution in [3.63, 3.8) is 0 Å². The summed E-state index contributed by atoms with van der Waals surface area (Å²) in [7, 11) is 0. The van der Waals surface area contributed by atoms with E-state index in [0.717, 1.165) is 4.90 Å². The number of carbonyl (C=O) groups excluding carboxylic acids is 2. The molecule has 7 heteroatoms. The van der Waals surface area contributed by atoms with Gasteiger partial charge in [-0.25, -0.2) is 4.90 Å². The van der Waals surface area contributed by atoms with Crippen LogP contribution in [-0.4, -0.2) is 11.8 Å². The summed E-state index contributed by atoms with van der Waals surface area (Å²) in [5.74, 6) is -1.26. The molecule has 2 amide bonds. The molecule has 0 fully saturated rings. The monoisotopic (exact) mass is 359 g/mol. The van der Waals surface area contributed by atoms with Gasteiger partial charge in [0.05, 0.1) is 36.9 Å². The topological polar surface area (TPSA) is 37.4 Å². The van der Waals surface area contributed by atoms with Crippen molar-refractivity contribution in [1.29, 1.82) is 0 Å². The lowest BCUT2D eigenvalue weighted by Crippen LogP contribution is -2.41. The Morgan fingerprint density at radius 3 is 1.62 bits per heavy atom. The smallest absolute Gasteiger partial charge is 0.268 e. The van der Waals surface area contributed by atoms with Gasteiger partial charge in [0.1, 0.15) is 0 Å². The number of halogens is 4. The van der Waals surface area contributed by atoms with Gasteiger partial charge in [0.2, 0.25) is 0 Å². The van der Waals surface area contributed by atoms with Crippen LogP contribution in [0.25, 0.3) is 0 Å². The third-order valence-electron chi connectivity index (χ3n) is 3.11. The van der Waals surface area contributed by atoms with E-state index in [1.807, 2.05) is 0 Å². The Balaban J connectivity index is 2.31. The summed E-state index contributed by atoms with van der Waals surface area (Å²) in [5, 5.41) is -0.249. The summed E-state index contributed by atoms with van der Waals surface area (Å²) in [6.07, 6.45) is 0. The van der Waals surface area contributed by atoms with Crippen LogP contribution in [0.15, 0.2) is 30.3 Å². The number of nitrogens with zero attached hydrogens (tertiary/aromatic N) is 1. The zero-order valence-corrected chi connectivity index (χ0v) is 13.2. The number of fused-ring (bicyclic) bond motifs is 2. The van der Waals surface area contributed by atoms with Gasteiger partial charge < -0.3 is 0 Å². The van der Waals surface area contributed by atoms with Crippen LogP contribution in [-0.2, 0) is 0 Å². The molecule has 0 saturated heterocycles. The third kappa shape index (κ3) is 2.04. The fourth-order valence-electron chi connectivity index (χ4n) is 2.14. The van der Waals surface area contributed by atoms with E-state index in [9.17, 15) is 9.59 Å². The van der Waals surface area contributed by atoms with E-state index in [2.05, 4.69) is 0 Å². The number of rotatable bonds is 1. The minimum Gasteiger partial charge on any atom is -0.268 e. The Labute approximate surface area is 140 Å². The fraction of sp³-hybridized carbons (Fsp3) is 0. The van der Waals surface area contributed by atoms with E-state index in [1.54, 1.807) is 30.3 Å². The lowest BCUT2D eigenvalue weighted by atomic mass is 10.0. The second-order valence-corrected chi connectivity index (χ2v) is 5.80. The summed E-state index contributed by atoms with van der Waals surface area (Å²) in [6.45, 7) is 0. The van der Waals surface area contributed by atoms with Crippen LogP contribution < -0.4 is 4.90 Å². The Bertz CT molecular complexity index is 746. The second kappa shape index (κ2) is 5.18. The molecular weight excluding hydrogens is 356 g/mol. The van der Waals surface area contributed by atoms with Crippen LogP contribution in [0.3, 0.4) is 0 Å².